The summed E-state index contributed by atoms with van der Waals surface area (Å²) in [5, 5.41) is 2.83. The van der Waals surface area contributed by atoms with Crippen molar-refractivity contribution in [2.45, 2.75) is 25.4 Å². The monoisotopic (exact) mass is 341 g/mol. The van der Waals surface area contributed by atoms with Crippen LogP contribution in [-0.4, -0.2) is 48.3 Å². The molecule has 1 N–H and O–H groups in total. The molecular formula is C19H23N3O3. The Morgan fingerprint density at radius 1 is 1.28 bits per heavy atom. The normalized spacial score (nSPS) is 16.7. The van der Waals surface area contributed by atoms with Crippen molar-refractivity contribution in [1.82, 2.24) is 15.3 Å². The summed E-state index contributed by atoms with van der Waals surface area (Å²) in [4.78, 5) is 20.6. The number of ether oxygens (including phenoxy) is 2. The molecule has 0 bridgehead atoms. The predicted octanol–water partition coefficient (Wildman–Crippen LogP) is 2.00. The molecule has 3 rings (SSSR count). The second-order valence-electron chi connectivity index (χ2n) is 5.97. The van der Waals surface area contributed by atoms with E-state index in [1.165, 1.54) is 0 Å². The van der Waals surface area contributed by atoms with Crippen LogP contribution in [0, 0.1) is 0 Å². The molecule has 1 fully saturated rings. The third-order valence-electron chi connectivity index (χ3n) is 4.01. The van der Waals surface area contributed by atoms with E-state index < -0.39 is 0 Å². The predicted molar refractivity (Wildman–Crippen MR) is 94.0 cm³/mol. The van der Waals surface area contributed by atoms with E-state index in [-0.39, 0.29) is 18.6 Å². The number of aromatic nitrogens is 2. The van der Waals surface area contributed by atoms with Crippen molar-refractivity contribution in [3.63, 3.8) is 0 Å². The van der Waals surface area contributed by atoms with Gasteiger partial charge >= 0.3 is 0 Å². The number of amides is 1. The number of rotatable bonds is 8. The zero-order valence-electron chi connectivity index (χ0n) is 14.2. The van der Waals surface area contributed by atoms with E-state index in [2.05, 4.69) is 15.3 Å². The topological polar surface area (TPSA) is 73.3 Å². The van der Waals surface area contributed by atoms with E-state index in [1.807, 2.05) is 36.4 Å². The number of benzene rings is 1. The Balaban J connectivity index is 1.39. The molecule has 1 atom stereocenters. The van der Waals surface area contributed by atoms with Gasteiger partial charge in [0, 0.05) is 31.3 Å². The lowest BCUT2D eigenvalue weighted by Crippen LogP contribution is -2.31. The van der Waals surface area contributed by atoms with Gasteiger partial charge < -0.3 is 14.8 Å². The van der Waals surface area contributed by atoms with Crippen molar-refractivity contribution in [3.8, 4) is 11.3 Å². The Labute approximate surface area is 147 Å². The van der Waals surface area contributed by atoms with Gasteiger partial charge in [0.1, 0.15) is 12.4 Å². The minimum Gasteiger partial charge on any atom is -0.376 e. The molecule has 0 radical (unpaired) electrons. The first-order valence-electron chi connectivity index (χ1n) is 8.64. The Hall–Kier alpha value is -2.31. The number of carbonyl (C=O) groups is 1. The van der Waals surface area contributed by atoms with Gasteiger partial charge in [0.25, 0.3) is 0 Å². The summed E-state index contributed by atoms with van der Waals surface area (Å²) >= 11 is 0. The summed E-state index contributed by atoms with van der Waals surface area (Å²) in [6.45, 7) is 1.82. The molecule has 6 nitrogen and oxygen atoms in total. The zero-order chi connectivity index (χ0) is 17.3. The lowest BCUT2D eigenvalue weighted by molar-refractivity contribution is -0.126. The van der Waals surface area contributed by atoms with Crippen LogP contribution in [0.4, 0.5) is 0 Å². The average molecular weight is 341 g/mol. The molecule has 0 unspecified atom stereocenters. The molecule has 1 amide bonds. The molecule has 6 heteroatoms. The first-order valence-corrected chi connectivity index (χ1v) is 8.64. The van der Waals surface area contributed by atoms with Crippen molar-refractivity contribution in [2.75, 3.05) is 26.4 Å². The van der Waals surface area contributed by atoms with Crippen molar-refractivity contribution in [2.24, 2.45) is 0 Å². The SMILES string of the molecule is O=C(COC[C@@H]1CCCO1)NCCc1nccc(-c2ccccc2)n1. The number of hydrogen-bond acceptors (Lipinski definition) is 5. The van der Waals surface area contributed by atoms with Gasteiger partial charge in [-0.3, -0.25) is 4.79 Å². The Kier molecular flexibility index (Phi) is 6.48. The van der Waals surface area contributed by atoms with Crippen LogP contribution in [0.25, 0.3) is 11.3 Å². The second kappa shape index (κ2) is 9.25. The fraction of sp³-hybridized carbons (Fsp3) is 0.421. The highest BCUT2D eigenvalue weighted by molar-refractivity contribution is 5.77. The highest BCUT2D eigenvalue weighted by Crippen LogP contribution is 2.15. The summed E-state index contributed by atoms with van der Waals surface area (Å²) in [5.74, 6) is 0.583. The number of nitrogens with zero attached hydrogens (tertiary/aromatic N) is 2. The van der Waals surface area contributed by atoms with Crippen LogP contribution >= 0.6 is 0 Å². The van der Waals surface area contributed by atoms with Gasteiger partial charge in [0.15, 0.2) is 0 Å². The molecule has 1 aliphatic rings. The summed E-state index contributed by atoms with van der Waals surface area (Å²) in [5.41, 5.74) is 1.94. The van der Waals surface area contributed by atoms with Crippen LogP contribution in [0.2, 0.25) is 0 Å². The average Bonchev–Trinajstić information content (AvgIpc) is 3.16. The van der Waals surface area contributed by atoms with E-state index in [9.17, 15) is 4.79 Å². The molecule has 0 aliphatic carbocycles. The molecule has 1 saturated heterocycles. The van der Waals surface area contributed by atoms with Crippen molar-refractivity contribution in [3.05, 3.63) is 48.4 Å². The second-order valence-corrected chi connectivity index (χ2v) is 5.97. The summed E-state index contributed by atoms with van der Waals surface area (Å²) in [7, 11) is 0. The fourth-order valence-electron chi connectivity index (χ4n) is 2.71. The van der Waals surface area contributed by atoms with Crippen LogP contribution in [0.1, 0.15) is 18.7 Å². The molecule has 1 aromatic carbocycles. The summed E-state index contributed by atoms with van der Waals surface area (Å²) in [6, 6.07) is 11.8. The largest absolute Gasteiger partial charge is 0.376 e. The first-order chi connectivity index (χ1) is 12.3. The molecule has 132 valence electrons. The minimum atomic E-state index is -0.128. The van der Waals surface area contributed by atoms with Gasteiger partial charge in [0.05, 0.1) is 18.4 Å². The van der Waals surface area contributed by atoms with Crippen molar-refractivity contribution >= 4 is 5.91 Å². The number of nitrogens with one attached hydrogen (secondary N) is 1. The molecule has 1 aromatic heterocycles. The van der Waals surface area contributed by atoms with Gasteiger partial charge in [-0.1, -0.05) is 30.3 Å². The van der Waals surface area contributed by atoms with Crippen molar-refractivity contribution in [1.29, 1.82) is 0 Å². The highest BCUT2D eigenvalue weighted by atomic mass is 16.5. The third kappa shape index (κ3) is 5.62. The fourth-order valence-corrected chi connectivity index (χ4v) is 2.71. The van der Waals surface area contributed by atoms with Gasteiger partial charge in [-0.2, -0.15) is 0 Å². The van der Waals surface area contributed by atoms with E-state index in [4.69, 9.17) is 9.47 Å². The summed E-state index contributed by atoms with van der Waals surface area (Å²) in [6.07, 6.45) is 4.55. The maximum Gasteiger partial charge on any atom is 0.246 e. The third-order valence-corrected chi connectivity index (χ3v) is 4.01. The number of hydrogen-bond donors (Lipinski definition) is 1. The van der Waals surface area contributed by atoms with E-state index in [0.29, 0.717) is 25.4 Å². The van der Waals surface area contributed by atoms with E-state index in [0.717, 1.165) is 30.7 Å². The van der Waals surface area contributed by atoms with E-state index in [1.54, 1.807) is 6.20 Å². The lowest BCUT2D eigenvalue weighted by atomic mass is 10.1. The van der Waals surface area contributed by atoms with Crippen LogP contribution in [0.5, 0.6) is 0 Å². The quantitative estimate of drug-likeness (QED) is 0.795. The van der Waals surface area contributed by atoms with Gasteiger partial charge in [-0.25, -0.2) is 9.97 Å². The Bertz CT molecular complexity index is 673. The van der Waals surface area contributed by atoms with Crippen LogP contribution in [0.15, 0.2) is 42.6 Å². The standard InChI is InChI=1S/C19H23N3O3/c23-19(14-24-13-16-7-4-12-25-16)21-11-9-18-20-10-8-17(22-18)15-5-2-1-3-6-15/h1-3,5-6,8,10,16H,4,7,9,11-14H2,(H,21,23)/t16-/m0/s1. The lowest BCUT2D eigenvalue weighted by Gasteiger charge is -2.10. The molecule has 1 aliphatic heterocycles. The Morgan fingerprint density at radius 3 is 2.96 bits per heavy atom. The molecule has 2 aromatic rings. The molecule has 2 heterocycles. The van der Waals surface area contributed by atoms with Crippen LogP contribution in [0.3, 0.4) is 0 Å². The van der Waals surface area contributed by atoms with Gasteiger partial charge in [0.2, 0.25) is 5.91 Å². The smallest absolute Gasteiger partial charge is 0.246 e. The molecule has 0 spiro atoms. The first kappa shape index (κ1) is 17.5. The van der Waals surface area contributed by atoms with E-state index >= 15 is 0 Å². The maximum atomic E-state index is 11.8. The highest BCUT2D eigenvalue weighted by Gasteiger charge is 2.15. The van der Waals surface area contributed by atoms with Crippen molar-refractivity contribution < 1.29 is 14.3 Å². The number of carbonyl (C=O) groups excluding carboxylic acids is 1. The zero-order valence-corrected chi connectivity index (χ0v) is 14.2. The van der Waals surface area contributed by atoms with Gasteiger partial charge in [-0.05, 0) is 18.9 Å². The van der Waals surface area contributed by atoms with Crippen LogP contribution < -0.4 is 5.32 Å². The summed E-state index contributed by atoms with van der Waals surface area (Å²) < 4.78 is 10.8. The molecule has 25 heavy (non-hydrogen) atoms. The maximum absolute atomic E-state index is 11.8. The Morgan fingerprint density at radius 2 is 2.16 bits per heavy atom. The molecule has 0 saturated carbocycles. The minimum absolute atomic E-state index is 0.0603. The van der Waals surface area contributed by atoms with Gasteiger partial charge in [-0.15, -0.1) is 0 Å². The molecular weight excluding hydrogens is 318 g/mol. The van der Waals surface area contributed by atoms with Crippen LogP contribution in [-0.2, 0) is 20.7 Å².